The Bertz CT molecular complexity index is 789. The van der Waals surface area contributed by atoms with E-state index < -0.39 is 9.84 Å². The van der Waals surface area contributed by atoms with Gasteiger partial charge in [-0.25, -0.2) is 8.42 Å². The molecule has 1 heterocycles. The zero-order chi connectivity index (χ0) is 16.9. The van der Waals surface area contributed by atoms with Gasteiger partial charge in [-0.3, -0.25) is 4.79 Å². The molecule has 1 aromatic carbocycles. The monoisotopic (exact) mass is 372 g/mol. The van der Waals surface area contributed by atoms with Crippen molar-refractivity contribution in [2.45, 2.75) is 16.2 Å². The van der Waals surface area contributed by atoms with Gasteiger partial charge in [0.15, 0.2) is 14.2 Å². The Kier molecular flexibility index (Phi) is 5.97. The van der Waals surface area contributed by atoms with E-state index in [0.717, 1.165) is 17.9 Å². The Morgan fingerprint density at radius 2 is 2.13 bits per heavy atom. The number of hydrogen-bond acceptors (Lipinski definition) is 8. The Labute approximate surface area is 142 Å². The summed E-state index contributed by atoms with van der Waals surface area (Å²) >= 11 is 2.66. The molecule has 0 spiro atoms. The van der Waals surface area contributed by atoms with Gasteiger partial charge < -0.3 is 10.6 Å². The van der Waals surface area contributed by atoms with Gasteiger partial charge in [0.2, 0.25) is 11.0 Å². The van der Waals surface area contributed by atoms with Crippen molar-refractivity contribution >= 4 is 49.7 Å². The van der Waals surface area contributed by atoms with Crippen molar-refractivity contribution in [1.82, 2.24) is 10.2 Å². The highest BCUT2D eigenvalue weighted by Crippen LogP contribution is 2.25. The minimum Gasteiger partial charge on any atom is -0.360 e. The summed E-state index contributed by atoms with van der Waals surface area (Å²) in [6.07, 6.45) is 1.13. The Hall–Kier alpha value is -1.65. The average Bonchev–Trinajstić information content (AvgIpc) is 2.93. The first-order valence-corrected chi connectivity index (χ1v) is 10.4. The summed E-state index contributed by atoms with van der Waals surface area (Å²) in [6, 6.07) is 6.16. The maximum Gasteiger partial charge on any atom is 0.234 e. The standard InChI is InChI=1S/C13H16N4O3S3/c1-3-14-12-16-17-13(22-12)21-8-11(18)15-9-5-4-6-10(7-9)23(2,19)20/h4-7H,3,8H2,1-2H3,(H,14,16)(H,15,18). The van der Waals surface area contributed by atoms with Crippen molar-refractivity contribution in [3.8, 4) is 0 Å². The Balaban J connectivity index is 1.92. The molecule has 2 N–H and O–H groups in total. The number of hydrogen-bond donors (Lipinski definition) is 2. The molecule has 0 bridgehead atoms. The number of sulfone groups is 1. The minimum atomic E-state index is -3.30. The van der Waals surface area contributed by atoms with Gasteiger partial charge in [0.05, 0.1) is 10.6 Å². The molecule has 0 fully saturated rings. The van der Waals surface area contributed by atoms with E-state index in [1.54, 1.807) is 12.1 Å². The summed E-state index contributed by atoms with van der Waals surface area (Å²) in [6.45, 7) is 2.72. The van der Waals surface area contributed by atoms with Crippen LogP contribution in [0.5, 0.6) is 0 Å². The maximum absolute atomic E-state index is 11.9. The minimum absolute atomic E-state index is 0.169. The van der Waals surface area contributed by atoms with E-state index in [9.17, 15) is 13.2 Å². The van der Waals surface area contributed by atoms with Crippen molar-refractivity contribution < 1.29 is 13.2 Å². The molecule has 10 heteroatoms. The fourth-order valence-corrected chi connectivity index (χ4v) is 3.91. The van der Waals surface area contributed by atoms with Crippen LogP contribution >= 0.6 is 23.1 Å². The molecular weight excluding hydrogens is 356 g/mol. The van der Waals surface area contributed by atoms with E-state index in [0.29, 0.717) is 10.0 Å². The summed E-state index contributed by atoms with van der Waals surface area (Å²) < 4.78 is 23.7. The SMILES string of the molecule is CCNc1nnc(SCC(=O)Nc2cccc(S(C)(=O)=O)c2)s1. The molecule has 2 aromatic rings. The summed E-state index contributed by atoms with van der Waals surface area (Å²) in [5.41, 5.74) is 0.448. The van der Waals surface area contributed by atoms with E-state index in [-0.39, 0.29) is 16.6 Å². The van der Waals surface area contributed by atoms with Gasteiger partial charge in [-0.15, -0.1) is 10.2 Å². The van der Waals surface area contributed by atoms with E-state index >= 15 is 0 Å². The fourth-order valence-electron chi connectivity index (χ4n) is 1.62. The Morgan fingerprint density at radius 1 is 1.35 bits per heavy atom. The summed E-state index contributed by atoms with van der Waals surface area (Å²) in [5, 5.41) is 14.4. The zero-order valence-electron chi connectivity index (χ0n) is 12.6. The lowest BCUT2D eigenvalue weighted by atomic mass is 10.3. The number of nitrogens with zero attached hydrogens (tertiary/aromatic N) is 2. The highest BCUT2D eigenvalue weighted by Gasteiger charge is 2.10. The van der Waals surface area contributed by atoms with Crippen molar-refractivity contribution in [1.29, 1.82) is 0 Å². The molecular formula is C13H16N4O3S3. The van der Waals surface area contributed by atoms with Crippen LogP contribution in [0.25, 0.3) is 0 Å². The highest BCUT2D eigenvalue weighted by molar-refractivity contribution is 8.01. The molecule has 0 atom stereocenters. The molecule has 0 aliphatic rings. The topological polar surface area (TPSA) is 101 Å². The Morgan fingerprint density at radius 3 is 2.83 bits per heavy atom. The highest BCUT2D eigenvalue weighted by atomic mass is 32.2. The van der Waals surface area contributed by atoms with Crippen molar-refractivity contribution in [3.63, 3.8) is 0 Å². The summed E-state index contributed by atoms with van der Waals surface area (Å²) in [7, 11) is -3.30. The van der Waals surface area contributed by atoms with Crippen LogP contribution in [0.2, 0.25) is 0 Å². The third-order valence-electron chi connectivity index (χ3n) is 2.61. The van der Waals surface area contributed by atoms with Crippen molar-refractivity contribution in [2.24, 2.45) is 0 Å². The number of benzene rings is 1. The molecule has 0 unspecified atom stereocenters. The number of amides is 1. The van der Waals surface area contributed by atoms with Crippen molar-refractivity contribution in [2.75, 3.05) is 29.2 Å². The van der Waals surface area contributed by atoms with Crippen LogP contribution < -0.4 is 10.6 Å². The normalized spacial score (nSPS) is 11.2. The van der Waals surface area contributed by atoms with E-state index in [1.165, 1.54) is 35.2 Å². The van der Waals surface area contributed by atoms with E-state index in [2.05, 4.69) is 20.8 Å². The van der Waals surface area contributed by atoms with Gasteiger partial charge in [0.1, 0.15) is 0 Å². The molecule has 0 aliphatic carbocycles. The molecule has 2 rings (SSSR count). The third kappa shape index (κ3) is 5.48. The van der Waals surface area contributed by atoms with Crippen LogP contribution in [0.15, 0.2) is 33.5 Å². The molecule has 1 aromatic heterocycles. The van der Waals surface area contributed by atoms with Crippen LogP contribution in [0.4, 0.5) is 10.8 Å². The largest absolute Gasteiger partial charge is 0.360 e. The van der Waals surface area contributed by atoms with Crippen LogP contribution in [-0.2, 0) is 14.6 Å². The van der Waals surface area contributed by atoms with Gasteiger partial charge in [0, 0.05) is 18.5 Å². The lowest BCUT2D eigenvalue weighted by Gasteiger charge is -2.06. The fraction of sp³-hybridized carbons (Fsp3) is 0.308. The summed E-state index contributed by atoms with van der Waals surface area (Å²) in [5.74, 6) is -0.0648. The lowest BCUT2D eigenvalue weighted by molar-refractivity contribution is -0.113. The second-order valence-electron chi connectivity index (χ2n) is 4.54. The smallest absolute Gasteiger partial charge is 0.234 e. The van der Waals surface area contributed by atoms with Gasteiger partial charge in [0.25, 0.3) is 0 Å². The molecule has 23 heavy (non-hydrogen) atoms. The molecule has 7 nitrogen and oxygen atoms in total. The first kappa shape index (κ1) is 17.7. The molecule has 1 amide bonds. The molecule has 0 aliphatic heterocycles. The number of rotatable bonds is 7. The number of carbonyl (C=O) groups excluding carboxylic acids is 1. The molecule has 0 saturated heterocycles. The number of thioether (sulfide) groups is 1. The number of nitrogens with one attached hydrogen (secondary N) is 2. The second-order valence-corrected chi connectivity index (χ2v) is 8.76. The van der Waals surface area contributed by atoms with Crippen LogP contribution in [0.3, 0.4) is 0 Å². The lowest BCUT2D eigenvalue weighted by Crippen LogP contribution is -2.14. The zero-order valence-corrected chi connectivity index (χ0v) is 15.0. The van der Waals surface area contributed by atoms with Gasteiger partial charge in [-0.2, -0.15) is 0 Å². The second kappa shape index (κ2) is 7.75. The van der Waals surface area contributed by atoms with Crippen LogP contribution in [0.1, 0.15) is 6.92 Å². The van der Waals surface area contributed by atoms with E-state index in [4.69, 9.17) is 0 Å². The average molecular weight is 372 g/mol. The predicted molar refractivity (Wildman–Crippen MR) is 93.0 cm³/mol. The van der Waals surface area contributed by atoms with Gasteiger partial charge in [-0.1, -0.05) is 29.2 Å². The molecule has 124 valence electrons. The molecule has 0 saturated carbocycles. The number of aromatic nitrogens is 2. The van der Waals surface area contributed by atoms with E-state index in [1.807, 2.05) is 6.92 Å². The predicted octanol–water partition coefficient (Wildman–Crippen LogP) is 2.10. The van der Waals surface area contributed by atoms with Crippen LogP contribution in [-0.4, -0.2) is 43.1 Å². The first-order valence-electron chi connectivity index (χ1n) is 6.68. The number of anilines is 2. The maximum atomic E-state index is 11.9. The van der Waals surface area contributed by atoms with Gasteiger partial charge in [-0.05, 0) is 25.1 Å². The molecule has 0 radical (unpaired) electrons. The first-order chi connectivity index (χ1) is 10.9. The third-order valence-corrected chi connectivity index (χ3v) is 5.73. The summed E-state index contributed by atoms with van der Waals surface area (Å²) in [4.78, 5) is 12.1. The van der Waals surface area contributed by atoms with Crippen molar-refractivity contribution in [3.05, 3.63) is 24.3 Å². The van der Waals surface area contributed by atoms with Gasteiger partial charge >= 0.3 is 0 Å². The number of carbonyl (C=O) groups is 1. The quantitative estimate of drug-likeness (QED) is 0.718. The van der Waals surface area contributed by atoms with Crippen LogP contribution in [0, 0.1) is 0 Å².